The predicted octanol–water partition coefficient (Wildman–Crippen LogP) is 2.53. The zero-order valence-corrected chi connectivity index (χ0v) is 9.84. The highest BCUT2D eigenvalue weighted by Gasteiger charge is 2.12. The molecule has 74 valence electrons. The Morgan fingerprint density at radius 3 is 2.93 bits per heavy atom. The summed E-state index contributed by atoms with van der Waals surface area (Å²) in [6.45, 7) is 0. The van der Waals surface area contributed by atoms with Gasteiger partial charge in [0.1, 0.15) is 0 Å². The van der Waals surface area contributed by atoms with Gasteiger partial charge in [0, 0.05) is 16.2 Å². The summed E-state index contributed by atoms with van der Waals surface area (Å²) in [4.78, 5) is 3.95. The van der Waals surface area contributed by atoms with E-state index in [1.54, 1.807) is 18.2 Å². The molecule has 1 N–H and O–H groups in total. The third-order valence-corrected chi connectivity index (χ3v) is 4.87. The Morgan fingerprint density at radius 1 is 1.57 bits per heavy atom. The van der Waals surface area contributed by atoms with Gasteiger partial charge >= 0.3 is 0 Å². The number of hydrogen-bond acceptors (Lipinski definition) is 4. The van der Waals surface area contributed by atoms with Crippen LogP contribution in [0, 0.1) is 0 Å². The maximum Gasteiger partial charge on any atom is 0.210 e. The van der Waals surface area contributed by atoms with Crippen LogP contribution in [-0.2, 0) is 20.0 Å². The molecule has 1 unspecified atom stereocenters. The predicted molar refractivity (Wildman–Crippen MR) is 61.0 cm³/mol. The van der Waals surface area contributed by atoms with Gasteiger partial charge in [-0.3, -0.25) is 0 Å². The zero-order valence-electron chi connectivity index (χ0n) is 6.64. The third-order valence-electron chi connectivity index (χ3n) is 1.55. The van der Waals surface area contributed by atoms with Crippen molar-refractivity contribution in [3.05, 3.63) is 23.2 Å². The van der Waals surface area contributed by atoms with Gasteiger partial charge in [-0.05, 0) is 18.2 Å². The summed E-state index contributed by atoms with van der Waals surface area (Å²) in [7, 11) is -3.38. The van der Waals surface area contributed by atoms with E-state index in [-0.39, 0.29) is 4.34 Å². The zero-order chi connectivity index (χ0) is 10.3. The first kappa shape index (κ1) is 10.3. The minimum Gasteiger partial charge on any atom is -0.300 e. The van der Waals surface area contributed by atoms with E-state index in [0.717, 1.165) is 16.0 Å². The summed E-state index contributed by atoms with van der Waals surface area (Å²) < 4.78 is 21.1. The fourth-order valence-electron chi connectivity index (χ4n) is 0.990. The van der Waals surface area contributed by atoms with E-state index in [1.807, 2.05) is 0 Å². The molecule has 1 heterocycles. The van der Waals surface area contributed by atoms with Crippen molar-refractivity contribution < 1.29 is 8.76 Å². The van der Waals surface area contributed by atoms with E-state index in [1.165, 1.54) is 0 Å². The molecule has 1 aromatic carbocycles. The lowest BCUT2D eigenvalue weighted by molar-refractivity contribution is 0.561. The SMILES string of the molecule is O=S(O)(=S)c1nc2cc(Cl)ccc2s1. The second kappa shape index (κ2) is 3.39. The van der Waals surface area contributed by atoms with E-state index in [0.29, 0.717) is 10.5 Å². The van der Waals surface area contributed by atoms with E-state index < -0.39 is 8.77 Å². The van der Waals surface area contributed by atoms with E-state index in [4.69, 9.17) is 16.2 Å². The van der Waals surface area contributed by atoms with Crippen molar-refractivity contribution >= 4 is 53.1 Å². The summed E-state index contributed by atoms with van der Waals surface area (Å²) in [5, 5.41) is 0.545. The first-order chi connectivity index (χ1) is 6.47. The van der Waals surface area contributed by atoms with Gasteiger partial charge in [-0.15, -0.1) is 11.3 Å². The van der Waals surface area contributed by atoms with Crippen molar-refractivity contribution in [2.75, 3.05) is 0 Å². The van der Waals surface area contributed by atoms with Crippen molar-refractivity contribution in [3.63, 3.8) is 0 Å². The molecule has 14 heavy (non-hydrogen) atoms. The van der Waals surface area contributed by atoms with Gasteiger partial charge in [-0.1, -0.05) is 11.6 Å². The van der Waals surface area contributed by atoms with Crippen LogP contribution in [0.15, 0.2) is 22.5 Å². The fraction of sp³-hybridized carbons (Fsp3) is 0. The highest BCUT2D eigenvalue weighted by Crippen LogP contribution is 2.27. The van der Waals surface area contributed by atoms with Crippen molar-refractivity contribution in [2.24, 2.45) is 0 Å². The molecule has 0 saturated heterocycles. The van der Waals surface area contributed by atoms with Crippen molar-refractivity contribution in [1.29, 1.82) is 0 Å². The van der Waals surface area contributed by atoms with Gasteiger partial charge in [-0.2, -0.15) is 0 Å². The molecule has 0 aliphatic heterocycles. The monoisotopic (exact) mass is 265 g/mol. The van der Waals surface area contributed by atoms with Crippen LogP contribution in [0.2, 0.25) is 5.02 Å². The highest BCUT2D eigenvalue weighted by molar-refractivity contribution is 8.30. The summed E-state index contributed by atoms with van der Waals surface area (Å²) in [5.74, 6) is 0. The number of halogens is 1. The Bertz CT molecular complexity index is 590. The molecule has 7 heteroatoms. The number of benzene rings is 1. The molecular formula is C7H4ClNO2S3. The molecule has 0 saturated carbocycles. The second-order valence-electron chi connectivity index (χ2n) is 2.57. The summed E-state index contributed by atoms with van der Waals surface area (Å²) in [6.07, 6.45) is 0. The maximum atomic E-state index is 11.1. The normalized spacial score (nSPS) is 15.6. The van der Waals surface area contributed by atoms with E-state index in [2.05, 4.69) is 16.2 Å². The largest absolute Gasteiger partial charge is 0.300 e. The topological polar surface area (TPSA) is 50.2 Å². The standard InChI is InChI=1S/C7H4ClNO2S3/c8-4-1-2-6-5(3-4)9-7(13-6)14(10,11)12/h1-3H,(H,10,11,12). The molecule has 0 fully saturated rings. The van der Waals surface area contributed by atoms with Crippen molar-refractivity contribution in [1.82, 2.24) is 4.98 Å². The lowest BCUT2D eigenvalue weighted by Crippen LogP contribution is -1.93. The van der Waals surface area contributed by atoms with Crippen LogP contribution in [0.4, 0.5) is 0 Å². The number of aromatic nitrogens is 1. The number of thiazole rings is 1. The number of hydrogen-bond donors (Lipinski definition) is 1. The van der Waals surface area contributed by atoms with Gasteiger partial charge in [0.25, 0.3) is 0 Å². The first-order valence-corrected chi connectivity index (χ1v) is 7.14. The van der Waals surface area contributed by atoms with Crippen LogP contribution in [0.3, 0.4) is 0 Å². The van der Waals surface area contributed by atoms with Crippen LogP contribution in [0.1, 0.15) is 0 Å². The summed E-state index contributed by atoms with van der Waals surface area (Å²) in [6, 6.07) is 5.09. The third kappa shape index (κ3) is 1.89. The van der Waals surface area contributed by atoms with Crippen LogP contribution in [-0.4, -0.2) is 13.7 Å². The first-order valence-electron chi connectivity index (χ1n) is 3.50. The van der Waals surface area contributed by atoms with Crippen LogP contribution in [0.5, 0.6) is 0 Å². The minimum absolute atomic E-state index is 0.0600. The second-order valence-corrected chi connectivity index (χ2v) is 6.98. The van der Waals surface area contributed by atoms with Crippen LogP contribution < -0.4 is 0 Å². The Hall–Kier alpha value is -0.270. The van der Waals surface area contributed by atoms with Crippen LogP contribution >= 0.6 is 22.9 Å². The Morgan fingerprint density at radius 2 is 2.29 bits per heavy atom. The lowest BCUT2D eigenvalue weighted by Gasteiger charge is -1.88. The lowest BCUT2D eigenvalue weighted by atomic mass is 10.3. The van der Waals surface area contributed by atoms with Gasteiger partial charge < -0.3 is 4.55 Å². The van der Waals surface area contributed by atoms with Crippen LogP contribution in [0.25, 0.3) is 10.2 Å². The summed E-state index contributed by atoms with van der Waals surface area (Å²) >= 11 is 11.3. The highest BCUT2D eigenvalue weighted by atomic mass is 35.5. The Labute approximate surface area is 94.2 Å². The van der Waals surface area contributed by atoms with Gasteiger partial charge in [0.2, 0.25) is 4.34 Å². The number of nitrogens with zero attached hydrogens (tertiary/aromatic N) is 1. The molecule has 0 bridgehead atoms. The van der Waals surface area contributed by atoms with Gasteiger partial charge in [0.05, 0.1) is 10.2 Å². The summed E-state index contributed by atoms with van der Waals surface area (Å²) in [5.41, 5.74) is 0.601. The molecule has 1 aromatic heterocycles. The molecular weight excluding hydrogens is 262 g/mol. The van der Waals surface area contributed by atoms with Crippen molar-refractivity contribution in [2.45, 2.75) is 4.34 Å². The molecule has 0 aliphatic carbocycles. The average molecular weight is 266 g/mol. The number of fused-ring (bicyclic) bond motifs is 1. The molecule has 0 spiro atoms. The Balaban J connectivity index is 2.75. The minimum atomic E-state index is -3.38. The Kier molecular flexibility index (Phi) is 2.48. The maximum absolute atomic E-state index is 11.1. The molecule has 1 atom stereocenters. The quantitative estimate of drug-likeness (QED) is 0.861. The molecule has 0 aliphatic rings. The smallest absolute Gasteiger partial charge is 0.210 e. The molecule has 3 nitrogen and oxygen atoms in total. The average Bonchev–Trinajstić information content (AvgIpc) is 2.45. The van der Waals surface area contributed by atoms with E-state index in [9.17, 15) is 4.21 Å². The molecule has 2 aromatic rings. The number of rotatable bonds is 1. The van der Waals surface area contributed by atoms with Crippen molar-refractivity contribution in [3.8, 4) is 0 Å². The van der Waals surface area contributed by atoms with E-state index >= 15 is 0 Å². The molecule has 2 rings (SSSR count). The van der Waals surface area contributed by atoms with Gasteiger partial charge in [-0.25, -0.2) is 9.19 Å². The van der Waals surface area contributed by atoms with Gasteiger partial charge in [0.15, 0.2) is 8.77 Å². The fourth-order valence-corrected chi connectivity index (χ4v) is 3.16. The molecule has 0 radical (unpaired) electrons. The molecule has 0 amide bonds.